The number of hydrogen-bond acceptors (Lipinski definition) is 5. The van der Waals surface area contributed by atoms with Crippen molar-refractivity contribution < 1.29 is 22.7 Å². The van der Waals surface area contributed by atoms with Gasteiger partial charge in [-0.25, -0.2) is 8.42 Å². The molecule has 0 aliphatic carbocycles. The van der Waals surface area contributed by atoms with Crippen LogP contribution in [0.2, 0.25) is 0 Å². The molecule has 0 atom stereocenters. The van der Waals surface area contributed by atoms with E-state index < -0.39 is 10.0 Å². The summed E-state index contributed by atoms with van der Waals surface area (Å²) in [6.07, 6.45) is 0. The van der Waals surface area contributed by atoms with E-state index in [1.165, 1.54) is 28.6 Å². The zero-order chi connectivity index (χ0) is 19.9. The van der Waals surface area contributed by atoms with Gasteiger partial charge in [0.15, 0.2) is 6.61 Å². The maximum absolute atomic E-state index is 12.4. The number of benzene rings is 2. The zero-order valence-corrected chi connectivity index (χ0v) is 16.5. The monoisotopic (exact) mass is 392 g/mol. The van der Waals surface area contributed by atoms with Crippen LogP contribution in [0.3, 0.4) is 0 Å². The van der Waals surface area contributed by atoms with Crippen LogP contribution in [-0.2, 0) is 14.8 Å². The second kappa shape index (κ2) is 9.38. The number of nitrogens with zero attached hydrogens (tertiary/aromatic N) is 1. The van der Waals surface area contributed by atoms with E-state index >= 15 is 0 Å². The number of nitrogens with one attached hydrogen (secondary N) is 1. The molecule has 1 N–H and O–H groups in total. The summed E-state index contributed by atoms with van der Waals surface area (Å²) in [5.74, 6) is 0.794. The zero-order valence-electron chi connectivity index (χ0n) is 15.6. The van der Waals surface area contributed by atoms with E-state index in [2.05, 4.69) is 5.32 Å². The van der Waals surface area contributed by atoms with E-state index in [0.717, 1.165) is 0 Å². The van der Waals surface area contributed by atoms with Crippen LogP contribution in [0.15, 0.2) is 53.4 Å². The summed E-state index contributed by atoms with van der Waals surface area (Å²) in [6.45, 7) is 4.21. The van der Waals surface area contributed by atoms with Crippen molar-refractivity contribution in [1.82, 2.24) is 4.31 Å². The minimum atomic E-state index is -3.51. The predicted octanol–water partition coefficient (Wildman–Crippen LogP) is 2.74. The molecule has 0 radical (unpaired) electrons. The van der Waals surface area contributed by atoms with Gasteiger partial charge in [-0.15, -0.1) is 0 Å². The van der Waals surface area contributed by atoms with Gasteiger partial charge in [-0.3, -0.25) is 4.79 Å². The van der Waals surface area contributed by atoms with Crippen molar-refractivity contribution in [2.24, 2.45) is 0 Å². The van der Waals surface area contributed by atoms with E-state index in [9.17, 15) is 13.2 Å². The lowest BCUT2D eigenvalue weighted by molar-refractivity contribution is -0.118. The molecule has 0 aliphatic rings. The summed E-state index contributed by atoms with van der Waals surface area (Å²) in [5.41, 5.74) is 0.630. The van der Waals surface area contributed by atoms with Crippen LogP contribution in [0.4, 0.5) is 5.69 Å². The van der Waals surface area contributed by atoms with Crippen LogP contribution >= 0.6 is 0 Å². The first-order valence-electron chi connectivity index (χ1n) is 8.57. The van der Waals surface area contributed by atoms with Gasteiger partial charge in [0.25, 0.3) is 5.91 Å². The fraction of sp³-hybridized carbons (Fsp3) is 0.316. The first-order valence-corrected chi connectivity index (χ1v) is 10.0. The number of anilines is 1. The second-order valence-electron chi connectivity index (χ2n) is 5.63. The third kappa shape index (κ3) is 5.45. The average Bonchev–Trinajstić information content (AvgIpc) is 2.68. The predicted molar refractivity (Wildman–Crippen MR) is 104 cm³/mol. The Morgan fingerprint density at radius 1 is 0.963 bits per heavy atom. The highest BCUT2D eigenvalue weighted by Gasteiger charge is 2.21. The van der Waals surface area contributed by atoms with Gasteiger partial charge in [-0.2, -0.15) is 4.31 Å². The highest BCUT2D eigenvalue weighted by molar-refractivity contribution is 7.89. The number of hydrogen-bond donors (Lipinski definition) is 1. The summed E-state index contributed by atoms with van der Waals surface area (Å²) in [6, 6.07) is 13.0. The molecule has 146 valence electrons. The Morgan fingerprint density at radius 3 is 2.04 bits per heavy atom. The quantitative estimate of drug-likeness (QED) is 0.709. The summed E-state index contributed by atoms with van der Waals surface area (Å²) in [4.78, 5) is 12.2. The third-order valence-corrected chi connectivity index (χ3v) is 5.97. The number of rotatable bonds is 9. The molecule has 0 heterocycles. The first-order chi connectivity index (χ1) is 12.9. The molecule has 2 aromatic carbocycles. The average molecular weight is 392 g/mol. The summed E-state index contributed by atoms with van der Waals surface area (Å²) < 4.78 is 36.7. The highest BCUT2D eigenvalue weighted by atomic mass is 32.2. The number of ether oxygens (including phenoxy) is 2. The molecule has 0 aliphatic heterocycles. The topological polar surface area (TPSA) is 84.9 Å². The van der Waals surface area contributed by atoms with E-state index in [4.69, 9.17) is 9.47 Å². The highest BCUT2D eigenvalue weighted by Crippen LogP contribution is 2.20. The van der Waals surface area contributed by atoms with Crippen molar-refractivity contribution in [1.29, 1.82) is 0 Å². The van der Waals surface area contributed by atoms with Gasteiger partial charge in [0.2, 0.25) is 10.0 Å². The Hall–Kier alpha value is -2.58. The maximum atomic E-state index is 12.4. The lowest BCUT2D eigenvalue weighted by Gasteiger charge is -2.18. The van der Waals surface area contributed by atoms with E-state index in [0.29, 0.717) is 30.3 Å². The summed E-state index contributed by atoms with van der Waals surface area (Å²) in [5, 5.41) is 2.71. The van der Waals surface area contributed by atoms with Crippen molar-refractivity contribution in [3.05, 3.63) is 48.5 Å². The fourth-order valence-corrected chi connectivity index (χ4v) is 3.90. The largest absolute Gasteiger partial charge is 0.497 e. The summed E-state index contributed by atoms with van der Waals surface area (Å²) >= 11 is 0. The first kappa shape index (κ1) is 20.7. The smallest absolute Gasteiger partial charge is 0.262 e. The summed E-state index contributed by atoms with van der Waals surface area (Å²) in [7, 11) is -1.94. The number of carbonyl (C=O) groups excluding carboxylic acids is 1. The molecule has 0 spiro atoms. The number of methoxy groups -OCH3 is 1. The third-order valence-electron chi connectivity index (χ3n) is 3.91. The molecule has 27 heavy (non-hydrogen) atoms. The number of carbonyl (C=O) groups is 1. The minimum Gasteiger partial charge on any atom is -0.497 e. The molecule has 0 saturated heterocycles. The minimum absolute atomic E-state index is 0.186. The van der Waals surface area contributed by atoms with Gasteiger partial charge in [-0.1, -0.05) is 13.8 Å². The molecular weight excluding hydrogens is 368 g/mol. The molecule has 2 rings (SSSR count). The van der Waals surface area contributed by atoms with Gasteiger partial charge in [-0.05, 0) is 48.5 Å². The van der Waals surface area contributed by atoms with Crippen molar-refractivity contribution >= 4 is 21.6 Å². The normalized spacial score (nSPS) is 11.3. The Bertz CT molecular complexity index is 845. The maximum Gasteiger partial charge on any atom is 0.262 e. The van der Waals surface area contributed by atoms with Crippen molar-refractivity contribution in [3.8, 4) is 11.5 Å². The van der Waals surface area contributed by atoms with Crippen LogP contribution in [0.25, 0.3) is 0 Å². The van der Waals surface area contributed by atoms with Crippen LogP contribution in [-0.4, -0.2) is 45.4 Å². The van der Waals surface area contributed by atoms with Crippen LogP contribution in [0, 0.1) is 0 Å². The van der Waals surface area contributed by atoms with Crippen LogP contribution in [0.1, 0.15) is 13.8 Å². The van der Waals surface area contributed by atoms with E-state index in [1.54, 1.807) is 45.2 Å². The molecule has 7 nitrogen and oxygen atoms in total. The number of sulfonamides is 1. The van der Waals surface area contributed by atoms with Crippen LogP contribution < -0.4 is 14.8 Å². The molecule has 8 heteroatoms. The molecule has 0 aromatic heterocycles. The van der Waals surface area contributed by atoms with Gasteiger partial charge in [0.1, 0.15) is 11.5 Å². The second-order valence-corrected chi connectivity index (χ2v) is 7.56. The Morgan fingerprint density at radius 2 is 1.52 bits per heavy atom. The van der Waals surface area contributed by atoms with Gasteiger partial charge in [0.05, 0.1) is 12.0 Å². The lowest BCUT2D eigenvalue weighted by atomic mass is 10.3. The lowest BCUT2D eigenvalue weighted by Crippen LogP contribution is -2.30. The molecule has 1 amide bonds. The SMILES string of the molecule is CCN(CC)S(=O)(=O)c1ccc(OCC(=O)Nc2ccc(OC)cc2)cc1. The Balaban J connectivity index is 1.93. The van der Waals surface area contributed by atoms with Gasteiger partial charge >= 0.3 is 0 Å². The number of amides is 1. The fourth-order valence-electron chi connectivity index (χ4n) is 2.44. The van der Waals surface area contributed by atoms with E-state index in [1.807, 2.05) is 0 Å². The molecule has 0 unspecified atom stereocenters. The standard InChI is InChI=1S/C19H24N2O5S/c1-4-21(5-2)27(23,24)18-12-10-17(11-13-18)26-14-19(22)20-15-6-8-16(25-3)9-7-15/h6-13H,4-5,14H2,1-3H3,(H,20,22). The molecule has 0 saturated carbocycles. The van der Waals surface area contributed by atoms with Gasteiger partial charge in [0, 0.05) is 18.8 Å². The van der Waals surface area contributed by atoms with Crippen molar-refractivity contribution in [2.75, 3.05) is 32.1 Å². The van der Waals surface area contributed by atoms with Gasteiger partial charge < -0.3 is 14.8 Å². The van der Waals surface area contributed by atoms with E-state index in [-0.39, 0.29) is 17.4 Å². The Labute approximate surface area is 160 Å². The molecule has 0 fully saturated rings. The molecule has 0 bridgehead atoms. The molecular formula is C19H24N2O5S. The van der Waals surface area contributed by atoms with Crippen molar-refractivity contribution in [2.45, 2.75) is 18.7 Å². The Kier molecular flexibility index (Phi) is 7.20. The van der Waals surface area contributed by atoms with Crippen molar-refractivity contribution in [3.63, 3.8) is 0 Å². The molecule has 2 aromatic rings. The van der Waals surface area contributed by atoms with Crippen LogP contribution in [0.5, 0.6) is 11.5 Å².